The molecule has 0 fully saturated rings. The predicted molar refractivity (Wildman–Crippen MR) is 120 cm³/mol. The molecule has 0 radical (unpaired) electrons. The molecule has 3 aromatic rings. The average Bonchev–Trinajstić information content (AvgIpc) is 3.12. The highest BCUT2D eigenvalue weighted by Gasteiger charge is 2.24. The summed E-state index contributed by atoms with van der Waals surface area (Å²) in [5.74, 6) is 0.741. The third-order valence-electron chi connectivity index (χ3n) is 5.05. The molecule has 1 amide bonds. The Balaban J connectivity index is 1.50. The second-order valence-electron chi connectivity index (χ2n) is 7.05. The molecule has 0 atom stereocenters. The lowest BCUT2D eigenvalue weighted by Crippen LogP contribution is -2.29. The Morgan fingerprint density at radius 1 is 1.17 bits per heavy atom. The molecule has 0 unspecified atom stereocenters. The number of rotatable bonds is 5. The van der Waals surface area contributed by atoms with Gasteiger partial charge in [0.15, 0.2) is 0 Å². The van der Waals surface area contributed by atoms with Gasteiger partial charge in [-0.1, -0.05) is 41.4 Å². The molecule has 0 spiro atoms. The van der Waals surface area contributed by atoms with Gasteiger partial charge in [-0.15, -0.1) is 0 Å². The third kappa shape index (κ3) is 4.21. The van der Waals surface area contributed by atoms with Crippen molar-refractivity contribution in [1.29, 1.82) is 0 Å². The zero-order valence-corrected chi connectivity index (χ0v) is 17.8. The number of nitrogens with two attached hydrogens (primary N) is 1. The summed E-state index contributed by atoms with van der Waals surface area (Å²) in [5, 5.41) is 3.71. The molecule has 1 aromatic heterocycles. The van der Waals surface area contributed by atoms with E-state index in [-0.39, 0.29) is 23.4 Å². The van der Waals surface area contributed by atoms with E-state index in [2.05, 4.69) is 27.3 Å². The minimum atomic E-state index is -0.164. The van der Waals surface area contributed by atoms with Crippen LogP contribution in [0.3, 0.4) is 0 Å². The number of carbonyl (C=O) groups excluding carboxylic acids is 1. The van der Waals surface area contributed by atoms with Crippen molar-refractivity contribution in [2.75, 3.05) is 24.7 Å². The molecule has 154 valence electrons. The zero-order chi connectivity index (χ0) is 21.3. The third-order valence-corrected chi connectivity index (χ3v) is 5.57. The van der Waals surface area contributed by atoms with Gasteiger partial charge < -0.3 is 15.8 Å². The maximum absolute atomic E-state index is 12.5. The van der Waals surface area contributed by atoms with Crippen molar-refractivity contribution in [3.8, 4) is 16.9 Å². The summed E-state index contributed by atoms with van der Waals surface area (Å²) in [7, 11) is 1.61. The molecule has 2 heterocycles. The highest BCUT2D eigenvalue weighted by atomic mass is 35.5. The topological polar surface area (TPSA) is 80.5 Å². The number of hydrogen-bond donors (Lipinski definition) is 2. The predicted octanol–water partition coefficient (Wildman–Crippen LogP) is 4.60. The summed E-state index contributed by atoms with van der Waals surface area (Å²) in [6, 6.07) is 15.0. The number of nitrogens with zero attached hydrogens (tertiary/aromatic N) is 2. The maximum Gasteiger partial charge on any atom is 0.238 e. The summed E-state index contributed by atoms with van der Waals surface area (Å²) in [5.41, 5.74) is 10.6. The van der Waals surface area contributed by atoms with Gasteiger partial charge >= 0.3 is 0 Å². The van der Waals surface area contributed by atoms with Crippen LogP contribution in [-0.4, -0.2) is 29.4 Å². The first-order valence-corrected chi connectivity index (χ1v) is 10.1. The molecule has 1 aliphatic rings. The zero-order valence-electron chi connectivity index (χ0n) is 16.3. The van der Waals surface area contributed by atoms with E-state index in [0.29, 0.717) is 29.5 Å². The van der Waals surface area contributed by atoms with E-state index in [1.54, 1.807) is 25.3 Å². The minimum Gasteiger partial charge on any atom is -0.497 e. The first kappa shape index (κ1) is 20.5. The molecular formula is C22H20Cl2N4O2. The van der Waals surface area contributed by atoms with Crippen molar-refractivity contribution in [3.05, 3.63) is 69.8 Å². The highest BCUT2D eigenvalue weighted by Crippen LogP contribution is 2.37. The van der Waals surface area contributed by atoms with Gasteiger partial charge in [0.05, 0.1) is 24.4 Å². The van der Waals surface area contributed by atoms with E-state index in [1.165, 1.54) is 11.1 Å². The SMILES string of the molecule is COc1ccc(-c2cccc3c2CN(CC(=O)Nc2ccc(Cl)nc2N)C3)c(Cl)c1. The number of anilines is 2. The number of hydrogen-bond acceptors (Lipinski definition) is 5. The highest BCUT2D eigenvalue weighted by molar-refractivity contribution is 6.33. The summed E-state index contributed by atoms with van der Waals surface area (Å²) in [6.07, 6.45) is 0. The van der Waals surface area contributed by atoms with Crippen LogP contribution in [0.4, 0.5) is 11.5 Å². The number of ether oxygens (including phenoxy) is 1. The Kier molecular flexibility index (Phi) is 5.81. The lowest BCUT2D eigenvalue weighted by atomic mass is 9.97. The van der Waals surface area contributed by atoms with E-state index in [0.717, 1.165) is 11.1 Å². The van der Waals surface area contributed by atoms with E-state index >= 15 is 0 Å². The Hall–Kier alpha value is -2.80. The number of nitrogen functional groups attached to an aromatic ring is 1. The van der Waals surface area contributed by atoms with Crippen molar-refractivity contribution in [3.63, 3.8) is 0 Å². The Bertz CT molecular complexity index is 1120. The number of benzene rings is 2. The lowest BCUT2D eigenvalue weighted by Gasteiger charge is -2.15. The normalized spacial score (nSPS) is 13.2. The van der Waals surface area contributed by atoms with E-state index in [4.69, 9.17) is 33.7 Å². The van der Waals surface area contributed by atoms with Crippen molar-refractivity contribution >= 4 is 40.6 Å². The standard InChI is InChI=1S/C22H20Cl2N4O2/c1-30-14-5-6-16(18(23)9-14)15-4-2-3-13-10-28(11-17(13)15)12-21(29)26-19-7-8-20(24)27-22(19)25/h2-9H,10-12H2,1H3,(H2,25,27)(H,26,29). The quantitative estimate of drug-likeness (QED) is 0.564. The van der Waals surface area contributed by atoms with Crippen LogP contribution in [0.1, 0.15) is 11.1 Å². The molecule has 8 heteroatoms. The number of fused-ring (bicyclic) bond motifs is 1. The van der Waals surface area contributed by atoms with Crippen LogP contribution in [0.25, 0.3) is 11.1 Å². The van der Waals surface area contributed by atoms with E-state index in [9.17, 15) is 4.79 Å². The van der Waals surface area contributed by atoms with Crippen LogP contribution in [-0.2, 0) is 17.9 Å². The number of amides is 1. The molecule has 4 rings (SSSR count). The number of aromatic nitrogens is 1. The van der Waals surface area contributed by atoms with Gasteiger partial charge in [0.2, 0.25) is 5.91 Å². The number of halogens is 2. The lowest BCUT2D eigenvalue weighted by molar-refractivity contribution is -0.117. The van der Waals surface area contributed by atoms with Crippen LogP contribution in [0.5, 0.6) is 5.75 Å². The maximum atomic E-state index is 12.5. The number of nitrogens with one attached hydrogen (secondary N) is 1. The van der Waals surface area contributed by atoms with Gasteiger partial charge in [0.1, 0.15) is 16.7 Å². The van der Waals surface area contributed by atoms with Gasteiger partial charge in [-0.25, -0.2) is 4.98 Å². The van der Waals surface area contributed by atoms with Crippen LogP contribution in [0.2, 0.25) is 10.2 Å². The first-order chi connectivity index (χ1) is 14.4. The summed E-state index contributed by atoms with van der Waals surface area (Å²) >= 11 is 12.3. The van der Waals surface area contributed by atoms with Gasteiger partial charge in [0.25, 0.3) is 0 Å². The Morgan fingerprint density at radius 3 is 2.73 bits per heavy atom. The average molecular weight is 443 g/mol. The summed E-state index contributed by atoms with van der Waals surface area (Å²) in [6.45, 7) is 1.56. The number of carbonyl (C=O) groups is 1. The van der Waals surface area contributed by atoms with Crippen LogP contribution >= 0.6 is 23.2 Å². The molecule has 3 N–H and O–H groups in total. The van der Waals surface area contributed by atoms with Crippen LogP contribution in [0, 0.1) is 0 Å². The molecule has 0 saturated heterocycles. The fourth-order valence-electron chi connectivity index (χ4n) is 3.64. The number of pyridine rings is 1. The second kappa shape index (κ2) is 8.52. The number of methoxy groups -OCH3 is 1. The molecule has 0 bridgehead atoms. The molecular weight excluding hydrogens is 423 g/mol. The largest absolute Gasteiger partial charge is 0.497 e. The van der Waals surface area contributed by atoms with E-state index in [1.807, 2.05) is 18.2 Å². The van der Waals surface area contributed by atoms with Crippen LogP contribution in [0.15, 0.2) is 48.5 Å². The molecule has 1 aliphatic heterocycles. The first-order valence-electron chi connectivity index (χ1n) is 9.33. The Labute approximate surface area is 184 Å². The monoisotopic (exact) mass is 442 g/mol. The van der Waals surface area contributed by atoms with Crippen molar-refractivity contribution in [2.24, 2.45) is 0 Å². The van der Waals surface area contributed by atoms with Gasteiger partial charge in [0, 0.05) is 18.7 Å². The van der Waals surface area contributed by atoms with Gasteiger partial charge in [-0.2, -0.15) is 0 Å². The van der Waals surface area contributed by atoms with Crippen molar-refractivity contribution < 1.29 is 9.53 Å². The summed E-state index contributed by atoms with van der Waals surface area (Å²) < 4.78 is 5.25. The minimum absolute atomic E-state index is 0.164. The van der Waals surface area contributed by atoms with Crippen molar-refractivity contribution in [1.82, 2.24) is 9.88 Å². The van der Waals surface area contributed by atoms with Crippen LogP contribution < -0.4 is 15.8 Å². The molecule has 30 heavy (non-hydrogen) atoms. The molecule has 2 aromatic carbocycles. The summed E-state index contributed by atoms with van der Waals surface area (Å²) in [4.78, 5) is 18.6. The van der Waals surface area contributed by atoms with Gasteiger partial charge in [-0.3, -0.25) is 9.69 Å². The Morgan fingerprint density at radius 2 is 2.00 bits per heavy atom. The molecule has 0 saturated carbocycles. The van der Waals surface area contributed by atoms with Gasteiger partial charge in [-0.05, 0) is 47.0 Å². The fraction of sp³-hybridized carbons (Fsp3) is 0.182. The second-order valence-corrected chi connectivity index (χ2v) is 7.84. The van der Waals surface area contributed by atoms with E-state index < -0.39 is 0 Å². The smallest absolute Gasteiger partial charge is 0.238 e. The van der Waals surface area contributed by atoms with Crippen molar-refractivity contribution in [2.45, 2.75) is 13.1 Å². The molecule has 0 aliphatic carbocycles. The molecule has 6 nitrogen and oxygen atoms in total. The fourth-order valence-corrected chi connectivity index (χ4v) is 4.07.